The zero-order valence-electron chi connectivity index (χ0n) is 10.7. The predicted octanol–water partition coefficient (Wildman–Crippen LogP) is 0.584. The van der Waals surface area contributed by atoms with Crippen molar-refractivity contribution in [1.29, 1.82) is 0 Å². The molecule has 7 nitrogen and oxygen atoms in total. The van der Waals surface area contributed by atoms with E-state index in [1.165, 1.54) is 0 Å². The number of carbonyl (C=O) groups is 2. The smallest absolute Gasteiger partial charge is 0.318 e. The lowest BCUT2D eigenvalue weighted by atomic mass is 9.89. The largest absolute Gasteiger partial charge is 0.481 e. The van der Waals surface area contributed by atoms with Gasteiger partial charge in [-0.25, -0.2) is 4.79 Å². The second kappa shape index (κ2) is 4.93. The third kappa shape index (κ3) is 2.20. The van der Waals surface area contributed by atoms with E-state index in [9.17, 15) is 14.4 Å². The first-order chi connectivity index (χ1) is 9.56. The number of aromatic amines is 1. The summed E-state index contributed by atoms with van der Waals surface area (Å²) in [6.45, 7) is 0.255. The maximum atomic E-state index is 12.2. The lowest BCUT2D eigenvalue weighted by Gasteiger charge is -2.23. The number of amides is 2. The van der Waals surface area contributed by atoms with Gasteiger partial charge >= 0.3 is 16.9 Å². The Morgan fingerprint density at radius 3 is 2.90 bits per heavy atom. The number of nitrogens with zero attached hydrogens (tertiary/aromatic N) is 1. The Balaban J connectivity index is 1.63. The van der Waals surface area contributed by atoms with E-state index in [0.717, 1.165) is 24.2 Å². The van der Waals surface area contributed by atoms with E-state index in [1.54, 1.807) is 10.3 Å². The zero-order valence-corrected chi connectivity index (χ0v) is 11.5. The molecule has 1 aromatic rings. The summed E-state index contributed by atoms with van der Waals surface area (Å²) in [7, 11) is 0. The fraction of sp³-hybridized carbons (Fsp3) is 0.583. The SMILES string of the molecule is O=C(O)C1CC2CCC1N2C(=O)NCc1csc(=O)[nH]1. The number of thiazole rings is 1. The van der Waals surface area contributed by atoms with Crippen LogP contribution in [0.1, 0.15) is 25.0 Å². The van der Waals surface area contributed by atoms with Gasteiger partial charge in [0.2, 0.25) is 0 Å². The molecule has 2 fully saturated rings. The Morgan fingerprint density at radius 2 is 2.30 bits per heavy atom. The number of carboxylic acid groups (broad SMARTS) is 1. The third-order valence-electron chi connectivity index (χ3n) is 4.09. The van der Waals surface area contributed by atoms with Crippen molar-refractivity contribution >= 4 is 23.3 Å². The second-order valence-corrected chi connectivity index (χ2v) is 6.06. The van der Waals surface area contributed by atoms with Crippen molar-refractivity contribution in [3.63, 3.8) is 0 Å². The molecule has 3 unspecified atom stereocenters. The highest BCUT2D eigenvalue weighted by Gasteiger charge is 2.51. The van der Waals surface area contributed by atoms with Gasteiger partial charge in [0, 0.05) is 23.2 Å². The van der Waals surface area contributed by atoms with Gasteiger partial charge in [0.05, 0.1) is 12.5 Å². The molecule has 2 amide bonds. The summed E-state index contributed by atoms with van der Waals surface area (Å²) < 4.78 is 0. The summed E-state index contributed by atoms with van der Waals surface area (Å²) in [5.74, 6) is -1.27. The molecule has 0 spiro atoms. The number of urea groups is 1. The molecule has 2 bridgehead atoms. The standard InChI is InChI=1S/C12H15N3O4S/c16-10(17)8-3-7-1-2-9(8)15(7)11(18)13-4-6-5-20-12(19)14-6/h5,7-9H,1-4H2,(H,13,18)(H,14,19)(H,16,17). The molecule has 108 valence electrons. The molecule has 3 N–H and O–H groups in total. The maximum Gasteiger partial charge on any atom is 0.318 e. The first kappa shape index (κ1) is 13.2. The van der Waals surface area contributed by atoms with Gasteiger partial charge in [0.1, 0.15) is 0 Å². The van der Waals surface area contributed by atoms with Crippen LogP contribution in [0.25, 0.3) is 0 Å². The molecule has 20 heavy (non-hydrogen) atoms. The number of hydrogen-bond acceptors (Lipinski definition) is 4. The van der Waals surface area contributed by atoms with Gasteiger partial charge < -0.3 is 20.3 Å². The monoisotopic (exact) mass is 297 g/mol. The van der Waals surface area contributed by atoms with Crippen LogP contribution < -0.4 is 10.2 Å². The number of H-pyrrole nitrogens is 1. The lowest BCUT2D eigenvalue weighted by molar-refractivity contribution is -0.142. The minimum Gasteiger partial charge on any atom is -0.481 e. The van der Waals surface area contributed by atoms with Crippen LogP contribution >= 0.6 is 11.3 Å². The number of aromatic nitrogens is 1. The summed E-state index contributed by atoms with van der Waals surface area (Å²) in [5, 5.41) is 13.6. The third-order valence-corrected chi connectivity index (χ3v) is 4.81. The number of fused-ring (bicyclic) bond motifs is 2. The highest BCUT2D eigenvalue weighted by Crippen LogP contribution is 2.41. The number of rotatable bonds is 3. The fourth-order valence-corrected chi connectivity index (χ4v) is 3.81. The molecule has 2 saturated heterocycles. The molecule has 3 heterocycles. The van der Waals surface area contributed by atoms with E-state index in [1.807, 2.05) is 0 Å². The predicted molar refractivity (Wildman–Crippen MR) is 71.6 cm³/mol. The quantitative estimate of drug-likeness (QED) is 0.759. The summed E-state index contributed by atoms with van der Waals surface area (Å²) in [6, 6.07) is -0.407. The van der Waals surface area contributed by atoms with E-state index in [0.29, 0.717) is 12.1 Å². The molecular weight excluding hydrogens is 282 g/mol. The van der Waals surface area contributed by atoms with Crippen molar-refractivity contribution in [3.8, 4) is 0 Å². The van der Waals surface area contributed by atoms with Crippen molar-refractivity contribution in [1.82, 2.24) is 15.2 Å². The average molecular weight is 297 g/mol. The van der Waals surface area contributed by atoms with Crippen LogP contribution in [0, 0.1) is 5.92 Å². The molecule has 0 aliphatic carbocycles. The van der Waals surface area contributed by atoms with Crippen LogP contribution in [0.3, 0.4) is 0 Å². The van der Waals surface area contributed by atoms with E-state index >= 15 is 0 Å². The minimum absolute atomic E-state index is 0.0302. The van der Waals surface area contributed by atoms with E-state index in [-0.39, 0.29) is 29.5 Å². The maximum absolute atomic E-state index is 12.2. The van der Waals surface area contributed by atoms with Gasteiger partial charge in [-0.3, -0.25) is 9.59 Å². The van der Waals surface area contributed by atoms with Crippen LogP contribution in [0.15, 0.2) is 10.2 Å². The number of nitrogens with one attached hydrogen (secondary N) is 2. The minimum atomic E-state index is -0.822. The summed E-state index contributed by atoms with van der Waals surface area (Å²) >= 11 is 1.05. The van der Waals surface area contributed by atoms with Gasteiger partial charge in [-0.05, 0) is 19.3 Å². The Bertz CT molecular complexity index is 596. The molecule has 0 radical (unpaired) electrons. The van der Waals surface area contributed by atoms with Crippen molar-refractivity contribution in [2.75, 3.05) is 0 Å². The highest BCUT2D eigenvalue weighted by molar-refractivity contribution is 7.07. The Hall–Kier alpha value is -1.83. The van der Waals surface area contributed by atoms with Crippen LogP contribution in [0.2, 0.25) is 0 Å². The van der Waals surface area contributed by atoms with Gasteiger partial charge in [-0.1, -0.05) is 11.3 Å². The van der Waals surface area contributed by atoms with Gasteiger partial charge in [-0.15, -0.1) is 0 Å². The topological polar surface area (TPSA) is 102 Å². The van der Waals surface area contributed by atoms with E-state index < -0.39 is 11.9 Å². The molecule has 2 aliphatic heterocycles. The molecule has 0 aromatic carbocycles. The first-order valence-electron chi connectivity index (χ1n) is 6.52. The molecule has 3 rings (SSSR count). The molecule has 3 atom stereocenters. The van der Waals surface area contributed by atoms with E-state index in [2.05, 4.69) is 10.3 Å². The summed E-state index contributed by atoms with van der Waals surface area (Å²) in [4.78, 5) is 38.5. The normalized spacial score (nSPS) is 27.8. The van der Waals surface area contributed by atoms with Crippen LogP contribution in [-0.2, 0) is 11.3 Å². The van der Waals surface area contributed by atoms with Crippen molar-refractivity contribution < 1.29 is 14.7 Å². The van der Waals surface area contributed by atoms with Gasteiger partial charge in [0.25, 0.3) is 0 Å². The van der Waals surface area contributed by atoms with Crippen molar-refractivity contribution in [2.45, 2.75) is 37.9 Å². The van der Waals surface area contributed by atoms with Gasteiger partial charge in [-0.2, -0.15) is 0 Å². The van der Waals surface area contributed by atoms with Crippen LogP contribution in [-0.4, -0.2) is 39.1 Å². The molecule has 0 saturated carbocycles. The molecule has 2 aliphatic rings. The molecular formula is C12H15N3O4S. The van der Waals surface area contributed by atoms with Crippen molar-refractivity contribution in [2.24, 2.45) is 5.92 Å². The average Bonchev–Trinajstić information content (AvgIpc) is 3.09. The number of aliphatic carboxylic acids is 1. The number of hydrogen-bond donors (Lipinski definition) is 3. The first-order valence-corrected chi connectivity index (χ1v) is 7.40. The Morgan fingerprint density at radius 1 is 1.50 bits per heavy atom. The second-order valence-electron chi connectivity index (χ2n) is 5.22. The Kier molecular flexibility index (Phi) is 3.25. The zero-order chi connectivity index (χ0) is 14.3. The molecule has 8 heteroatoms. The highest BCUT2D eigenvalue weighted by atomic mass is 32.1. The fourth-order valence-electron chi connectivity index (χ4n) is 3.23. The van der Waals surface area contributed by atoms with Crippen molar-refractivity contribution in [3.05, 3.63) is 20.7 Å². The van der Waals surface area contributed by atoms with Crippen LogP contribution in [0.4, 0.5) is 4.79 Å². The summed E-state index contributed by atoms with van der Waals surface area (Å²) in [5.41, 5.74) is 0.662. The van der Waals surface area contributed by atoms with Crippen LogP contribution in [0.5, 0.6) is 0 Å². The Labute approximate surface area is 118 Å². The van der Waals surface area contributed by atoms with E-state index in [4.69, 9.17) is 5.11 Å². The number of carboxylic acids is 1. The summed E-state index contributed by atoms with van der Waals surface area (Å²) in [6.07, 6.45) is 2.17. The lowest BCUT2D eigenvalue weighted by Crippen LogP contribution is -2.44. The van der Waals surface area contributed by atoms with Gasteiger partial charge in [0.15, 0.2) is 0 Å². The molecule has 1 aromatic heterocycles. The number of carbonyl (C=O) groups excluding carboxylic acids is 1.